The predicted octanol–water partition coefficient (Wildman–Crippen LogP) is 0.992. The molecule has 7 nitrogen and oxygen atoms in total. The molecule has 0 saturated carbocycles. The van der Waals surface area contributed by atoms with Crippen molar-refractivity contribution in [2.45, 2.75) is 11.4 Å². The van der Waals surface area contributed by atoms with Gasteiger partial charge in [-0.1, -0.05) is 0 Å². The summed E-state index contributed by atoms with van der Waals surface area (Å²) in [6.45, 7) is 0.387. The third-order valence-corrected chi connectivity index (χ3v) is 4.21. The zero-order chi connectivity index (χ0) is 16.9. The van der Waals surface area contributed by atoms with Crippen LogP contribution in [0, 0.1) is 0 Å². The quantitative estimate of drug-likeness (QED) is 0.557. The Kier molecular flexibility index (Phi) is 5.35. The molecule has 0 aliphatic carbocycles. The van der Waals surface area contributed by atoms with Gasteiger partial charge in [-0.25, -0.2) is 8.42 Å². The van der Waals surface area contributed by atoms with Crippen molar-refractivity contribution in [3.63, 3.8) is 0 Å². The largest absolute Gasteiger partial charge is 0.467 e. The van der Waals surface area contributed by atoms with Crippen LogP contribution < -0.4 is 16.2 Å². The minimum absolute atomic E-state index is 0.151. The van der Waals surface area contributed by atoms with Gasteiger partial charge in [-0.3, -0.25) is 15.6 Å². The molecule has 1 heterocycles. The van der Waals surface area contributed by atoms with Crippen molar-refractivity contribution in [1.29, 1.82) is 0 Å². The monoisotopic (exact) mass is 353 g/mol. The number of hydrazine groups is 1. The highest BCUT2D eigenvalue weighted by molar-refractivity contribution is 7.90. The number of rotatable bonds is 4. The van der Waals surface area contributed by atoms with Gasteiger partial charge in [-0.2, -0.15) is 0 Å². The van der Waals surface area contributed by atoms with Crippen molar-refractivity contribution in [2.75, 3.05) is 6.26 Å². The second-order valence-electron chi connectivity index (χ2n) is 4.64. The van der Waals surface area contributed by atoms with Crippen LogP contribution in [0.4, 0.5) is 0 Å². The van der Waals surface area contributed by atoms with Crippen LogP contribution in [0.2, 0.25) is 0 Å². The SMILES string of the molecule is CS(=O)(=O)c1ccc(C(=O)NNC(=S)NCc2ccco2)cc1. The Morgan fingerprint density at radius 1 is 1.17 bits per heavy atom. The lowest BCUT2D eigenvalue weighted by Crippen LogP contribution is -2.46. The van der Waals surface area contributed by atoms with E-state index in [0.717, 1.165) is 6.26 Å². The minimum Gasteiger partial charge on any atom is -0.467 e. The molecule has 0 saturated heterocycles. The lowest BCUT2D eigenvalue weighted by atomic mass is 10.2. The fourth-order valence-corrected chi connectivity index (χ4v) is 2.42. The van der Waals surface area contributed by atoms with Crippen molar-refractivity contribution in [3.05, 3.63) is 54.0 Å². The van der Waals surface area contributed by atoms with Crippen molar-refractivity contribution in [2.24, 2.45) is 0 Å². The summed E-state index contributed by atoms with van der Waals surface area (Å²) in [5, 5.41) is 3.08. The molecule has 23 heavy (non-hydrogen) atoms. The maximum absolute atomic E-state index is 11.9. The van der Waals surface area contributed by atoms with Crippen LogP contribution in [0.15, 0.2) is 52.0 Å². The Morgan fingerprint density at radius 2 is 1.87 bits per heavy atom. The average molecular weight is 353 g/mol. The van der Waals surface area contributed by atoms with Crippen LogP contribution in [0.25, 0.3) is 0 Å². The van der Waals surface area contributed by atoms with E-state index in [-0.39, 0.29) is 10.0 Å². The van der Waals surface area contributed by atoms with Crippen LogP contribution in [-0.2, 0) is 16.4 Å². The Bertz CT molecular complexity index is 784. The summed E-state index contributed by atoms with van der Waals surface area (Å²) in [5.41, 5.74) is 5.27. The molecule has 0 fully saturated rings. The summed E-state index contributed by atoms with van der Waals surface area (Å²) in [7, 11) is -3.29. The summed E-state index contributed by atoms with van der Waals surface area (Å²) in [5.74, 6) is 0.268. The van der Waals surface area contributed by atoms with Crippen molar-refractivity contribution < 1.29 is 17.6 Å². The fraction of sp³-hybridized carbons (Fsp3) is 0.143. The van der Waals surface area contributed by atoms with E-state index in [1.54, 1.807) is 18.4 Å². The third kappa shape index (κ3) is 5.08. The molecule has 0 unspecified atom stereocenters. The molecule has 9 heteroatoms. The zero-order valence-corrected chi connectivity index (χ0v) is 13.8. The average Bonchev–Trinajstić information content (AvgIpc) is 3.03. The minimum atomic E-state index is -3.29. The van der Waals surface area contributed by atoms with E-state index in [1.165, 1.54) is 24.3 Å². The van der Waals surface area contributed by atoms with Crippen molar-refractivity contribution in [3.8, 4) is 0 Å². The molecule has 0 bridgehead atoms. The van der Waals surface area contributed by atoms with Crippen molar-refractivity contribution >= 4 is 33.1 Å². The fourth-order valence-electron chi connectivity index (χ4n) is 1.66. The number of furan rings is 1. The summed E-state index contributed by atoms with van der Waals surface area (Å²) in [6, 6.07) is 9.14. The first-order chi connectivity index (χ1) is 10.9. The van der Waals surface area contributed by atoms with Gasteiger partial charge in [0, 0.05) is 11.8 Å². The maximum atomic E-state index is 11.9. The molecular formula is C14H15N3O4S2. The van der Waals surface area contributed by atoms with E-state index in [1.807, 2.05) is 0 Å². The molecule has 0 aliphatic rings. The predicted molar refractivity (Wildman–Crippen MR) is 88.3 cm³/mol. The summed E-state index contributed by atoms with van der Waals surface area (Å²) < 4.78 is 27.8. The number of carbonyl (C=O) groups excluding carboxylic acids is 1. The Labute approximate surface area is 139 Å². The van der Waals surface area contributed by atoms with Gasteiger partial charge in [0.1, 0.15) is 5.76 Å². The van der Waals surface area contributed by atoms with Crippen LogP contribution >= 0.6 is 12.2 Å². The number of benzene rings is 1. The number of thiocarbonyl (C=S) groups is 1. The topological polar surface area (TPSA) is 100 Å². The molecule has 1 aromatic heterocycles. The van der Waals surface area contributed by atoms with Gasteiger partial charge in [0.05, 0.1) is 17.7 Å². The van der Waals surface area contributed by atoms with Gasteiger partial charge in [0.2, 0.25) is 0 Å². The first kappa shape index (κ1) is 17.0. The second-order valence-corrected chi connectivity index (χ2v) is 7.06. The molecule has 0 aliphatic heterocycles. The van der Waals surface area contributed by atoms with Gasteiger partial charge in [0.25, 0.3) is 5.91 Å². The zero-order valence-electron chi connectivity index (χ0n) is 12.2. The van der Waals surface area contributed by atoms with Gasteiger partial charge >= 0.3 is 0 Å². The van der Waals surface area contributed by atoms with Crippen LogP contribution in [0.1, 0.15) is 16.1 Å². The smallest absolute Gasteiger partial charge is 0.269 e. The number of hydrogen-bond donors (Lipinski definition) is 3. The highest BCUT2D eigenvalue weighted by atomic mass is 32.2. The van der Waals surface area contributed by atoms with E-state index in [2.05, 4.69) is 16.2 Å². The molecule has 1 amide bonds. The van der Waals surface area contributed by atoms with Gasteiger partial charge in [-0.15, -0.1) is 0 Å². The van der Waals surface area contributed by atoms with Crippen LogP contribution in [0.5, 0.6) is 0 Å². The Hall–Kier alpha value is -2.39. The van der Waals surface area contributed by atoms with Crippen LogP contribution in [0.3, 0.4) is 0 Å². The van der Waals surface area contributed by atoms with E-state index >= 15 is 0 Å². The molecule has 2 rings (SSSR count). The van der Waals surface area contributed by atoms with Gasteiger partial charge in [0.15, 0.2) is 14.9 Å². The summed E-state index contributed by atoms with van der Waals surface area (Å²) in [4.78, 5) is 12.1. The molecule has 0 radical (unpaired) electrons. The lowest BCUT2D eigenvalue weighted by Gasteiger charge is -2.11. The second kappa shape index (κ2) is 7.25. The number of carbonyl (C=O) groups is 1. The molecular weight excluding hydrogens is 338 g/mol. The van der Waals surface area contributed by atoms with Gasteiger partial charge < -0.3 is 9.73 Å². The first-order valence-corrected chi connectivity index (χ1v) is 8.83. The van der Waals surface area contributed by atoms with E-state index in [0.29, 0.717) is 17.9 Å². The van der Waals surface area contributed by atoms with E-state index in [9.17, 15) is 13.2 Å². The molecule has 122 valence electrons. The molecule has 0 atom stereocenters. The molecule has 0 spiro atoms. The number of hydrogen-bond acceptors (Lipinski definition) is 5. The van der Waals surface area contributed by atoms with E-state index < -0.39 is 15.7 Å². The third-order valence-electron chi connectivity index (χ3n) is 2.84. The highest BCUT2D eigenvalue weighted by Crippen LogP contribution is 2.10. The maximum Gasteiger partial charge on any atom is 0.269 e. The van der Waals surface area contributed by atoms with Crippen molar-refractivity contribution in [1.82, 2.24) is 16.2 Å². The molecule has 1 aromatic carbocycles. The normalized spacial score (nSPS) is 10.8. The van der Waals surface area contributed by atoms with Gasteiger partial charge in [-0.05, 0) is 48.6 Å². The lowest BCUT2D eigenvalue weighted by molar-refractivity contribution is 0.0943. The molecule has 3 N–H and O–H groups in total. The first-order valence-electron chi connectivity index (χ1n) is 6.53. The summed E-state index contributed by atoms with van der Waals surface area (Å²) >= 11 is 5.01. The Morgan fingerprint density at radius 3 is 2.43 bits per heavy atom. The Balaban J connectivity index is 1.83. The highest BCUT2D eigenvalue weighted by Gasteiger charge is 2.10. The van der Waals surface area contributed by atoms with E-state index in [4.69, 9.17) is 16.6 Å². The standard InChI is InChI=1S/C14H15N3O4S2/c1-23(19,20)12-6-4-10(5-7-12)13(18)16-17-14(22)15-9-11-3-2-8-21-11/h2-8H,9H2,1H3,(H,16,18)(H2,15,17,22). The number of amides is 1. The summed E-state index contributed by atoms with van der Waals surface area (Å²) in [6.07, 6.45) is 2.65. The van der Waals surface area contributed by atoms with Crippen LogP contribution in [-0.4, -0.2) is 25.7 Å². The number of sulfone groups is 1. The number of nitrogens with one attached hydrogen (secondary N) is 3. The molecule has 2 aromatic rings.